The smallest absolute Gasteiger partial charge is 0.182 e. The molecule has 5 nitrogen and oxygen atoms in total. The molecule has 2 heterocycles. The van der Waals surface area contributed by atoms with Gasteiger partial charge in [-0.3, -0.25) is 0 Å². The topological polar surface area (TPSA) is 66.5 Å². The van der Waals surface area contributed by atoms with Crippen molar-refractivity contribution in [2.24, 2.45) is 0 Å². The standard InChI is InChI=1S/C12H9Cl2N5/c13-8-2-1-7(3-9(8)14)4-15-11-10-12(17-5-16-10)19-6-18-11/h1-3,5-6H,4H2,(H2,15,16,17,18,19). The quantitative estimate of drug-likeness (QED) is 0.778. The first-order chi connectivity index (χ1) is 9.24. The van der Waals surface area contributed by atoms with Crippen molar-refractivity contribution in [3.63, 3.8) is 0 Å². The number of fused-ring (bicyclic) bond motifs is 1. The molecule has 0 aliphatic carbocycles. The third kappa shape index (κ3) is 2.47. The molecule has 0 bridgehead atoms. The number of aromatic amines is 1. The summed E-state index contributed by atoms with van der Waals surface area (Å²) in [5.41, 5.74) is 2.43. The van der Waals surface area contributed by atoms with Gasteiger partial charge in [0.25, 0.3) is 0 Å². The van der Waals surface area contributed by atoms with Crippen LogP contribution in [0.25, 0.3) is 11.2 Å². The molecule has 0 aliphatic rings. The summed E-state index contributed by atoms with van der Waals surface area (Å²) in [4.78, 5) is 15.3. The Labute approximate surface area is 119 Å². The Morgan fingerprint density at radius 1 is 1.11 bits per heavy atom. The molecule has 0 unspecified atom stereocenters. The van der Waals surface area contributed by atoms with E-state index in [2.05, 4.69) is 25.3 Å². The highest BCUT2D eigenvalue weighted by Gasteiger charge is 2.05. The van der Waals surface area contributed by atoms with Crippen LogP contribution in [0.4, 0.5) is 5.82 Å². The zero-order valence-electron chi connectivity index (χ0n) is 9.69. The molecular weight excluding hydrogens is 285 g/mol. The molecule has 0 amide bonds. The van der Waals surface area contributed by atoms with Crippen molar-refractivity contribution in [3.8, 4) is 0 Å². The average molecular weight is 294 g/mol. The predicted molar refractivity (Wildman–Crippen MR) is 75.5 cm³/mol. The van der Waals surface area contributed by atoms with Crippen LogP contribution < -0.4 is 5.32 Å². The van der Waals surface area contributed by atoms with Gasteiger partial charge in [-0.2, -0.15) is 0 Å². The molecule has 19 heavy (non-hydrogen) atoms. The minimum Gasteiger partial charge on any atom is -0.364 e. The second-order valence-corrected chi connectivity index (χ2v) is 4.74. The van der Waals surface area contributed by atoms with E-state index in [0.717, 1.165) is 11.1 Å². The molecule has 0 radical (unpaired) electrons. The van der Waals surface area contributed by atoms with Gasteiger partial charge in [-0.25, -0.2) is 15.0 Å². The largest absolute Gasteiger partial charge is 0.364 e. The molecule has 7 heteroatoms. The Morgan fingerprint density at radius 3 is 2.84 bits per heavy atom. The van der Waals surface area contributed by atoms with E-state index in [1.54, 1.807) is 12.4 Å². The number of anilines is 1. The lowest BCUT2D eigenvalue weighted by molar-refractivity contribution is 1.10. The van der Waals surface area contributed by atoms with Gasteiger partial charge in [0.2, 0.25) is 0 Å². The van der Waals surface area contributed by atoms with Gasteiger partial charge in [-0.15, -0.1) is 0 Å². The van der Waals surface area contributed by atoms with Crippen molar-refractivity contribution >= 4 is 40.2 Å². The highest BCUT2D eigenvalue weighted by Crippen LogP contribution is 2.23. The first-order valence-corrected chi connectivity index (χ1v) is 6.31. The van der Waals surface area contributed by atoms with E-state index in [4.69, 9.17) is 23.2 Å². The van der Waals surface area contributed by atoms with E-state index >= 15 is 0 Å². The fourth-order valence-corrected chi connectivity index (χ4v) is 2.06. The highest BCUT2D eigenvalue weighted by atomic mass is 35.5. The SMILES string of the molecule is Clc1ccc(CNc2ncnc3nc[nH]c23)cc1Cl. The molecule has 0 aliphatic heterocycles. The van der Waals surface area contributed by atoms with E-state index in [1.807, 2.05) is 12.1 Å². The van der Waals surface area contributed by atoms with Crippen LogP contribution in [0, 0.1) is 0 Å². The van der Waals surface area contributed by atoms with Gasteiger partial charge in [0.15, 0.2) is 11.5 Å². The molecule has 1 aromatic carbocycles. The Kier molecular flexibility index (Phi) is 3.23. The van der Waals surface area contributed by atoms with Gasteiger partial charge >= 0.3 is 0 Å². The number of H-pyrrole nitrogens is 1. The summed E-state index contributed by atoms with van der Waals surface area (Å²) >= 11 is 11.8. The number of imidazole rings is 1. The van der Waals surface area contributed by atoms with Gasteiger partial charge in [-0.05, 0) is 17.7 Å². The zero-order chi connectivity index (χ0) is 13.2. The summed E-state index contributed by atoms with van der Waals surface area (Å²) in [6, 6.07) is 5.50. The summed E-state index contributed by atoms with van der Waals surface area (Å²) < 4.78 is 0. The maximum absolute atomic E-state index is 5.97. The molecule has 3 aromatic rings. The number of benzene rings is 1. The number of hydrogen-bond donors (Lipinski definition) is 2. The lowest BCUT2D eigenvalue weighted by atomic mass is 10.2. The first-order valence-electron chi connectivity index (χ1n) is 5.56. The molecule has 0 atom stereocenters. The Morgan fingerprint density at radius 2 is 2.00 bits per heavy atom. The maximum Gasteiger partial charge on any atom is 0.182 e. The van der Waals surface area contributed by atoms with Crippen molar-refractivity contribution in [3.05, 3.63) is 46.5 Å². The van der Waals surface area contributed by atoms with Crippen LogP contribution in [0.2, 0.25) is 10.0 Å². The van der Waals surface area contributed by atoms with Crippen LogP contribution >= 0.6 is 23.2 Å². The Bertz CT molecular complexity index is 725. The van der Waals surface area contributed by atoms with Gasteiger partial charge in [0.05, 0.1) is 16.4 Å². The third-order valence-electron chi connectivity index (χ3n) is 2.67. The minimum atomic E-state index is 0.537. The molecule has 0 fully saturated rings. The summed E-state index contributed by atoms with van der Waals surface area (Å²) in [6.07, 6.45) is 3.06. The number of halogens is 2. The van der Waals surface area contributed by atoms with Crippen molar-refractivity contribution in [1.29, 1.82) is 0 Å². The second kappa shape index (κ2) is 5.03. The van der Waals surface area contributed by atoms with Crippen LogP contribution in [0.15, 0.2) is 30.9 Å². The summed E-state index contributed by atoms with van der Waals surface area (Å²) in [6.45, 7) is 0.585. The molecule has 2 N–H and O–H groups in total. The third-order valence-corrected chi connectivity index (χ3v) is 3.41. The van der Waals surface area contributed by atoms with Crippen LogP contribution in [0.5, 0.6) is 0 Å². The number of nitrogens with zero attached hydrogens (tertiary/aromatic N) is 3. The van der Waals surface area contributed by atoms with Crippen LogP contribution in [-0.4, -0.2) is 19.9 Å². The number of rotatable bonds is 3. The predicted octanol–water partition coefficient (Wildman–Crippen LogP) is 3.27. The average Bonchev–Trinajstić information content (AvgIpc) is 2.89. The van der Waals surface area contributed by atoms with Gasteiger partial charge in [0, 0.05) is 6.54 Å². The molecule has 0 saturated carbocycles. The van der Waals surface area contributed by atoms with Crippen molar-refractivity contribution in [1.82, 2.24) is 19.9 Å². The monoisotopic (exact) mass is 293 g/mol. The first kappa shape index (κ1) is 12.2. The molecule has 3 rings (SSSR count). The van der Waals surface area contributed by atoms with Crippen LogP contribution in [0.1, 0.15) is 5.56 Å². The van der Waals surface area contributed by atoms with E-state index in [0.29, 0.717) is 28.1 Å². The highest BCUT2D eigenvalue weighted by molar-refractivity contribution is 6.42. The number of hydrogen-bond acceptors (Lipinski definition) is 4. The lowest BCUT2D eigenvalue weighted by Gasteiger charge is -2.07. The van der Waals surface area contributed by atoms with Crippen molar-refractivity contribution < 1.29 is 0 Å². The summed E-state index contributed by atoms with van der Waals surface area (Å²) in [5, 5.41) is 4.29. The van der Waals surface area contributed by atoms with Crippen LogP contribution in [-0.2, 0) is 6.54 Å². The summed E-state index contributed by atoms with van der Waals surface area (Å²) in [7, 11) is 0. The van der Waals surface area contributed by atoms with E-state index in [1.165, 1.54) is 6.33 Å². The Hall–Kier alpha value is -1.85. The number of nitrogens with one attached hydrogen (secondary N) is 2. The van der Waals surface area contributed by atoms with Crippen molar-refractivity contribution in [2.75, 3.05) is 5.32 Å². The normalized spacial score (nSPS) is 10.8. The van der Waals surface area contributed by atoms with E-state index in [-0.39, 0.29) is 0 Å². The summed E-state index contributed by atoms with van der Waals surface area (Å²) in [5.74, 6) is 0.702. The molecular formula is C12H9Cl2N5. The molecule has 0 saturated heterocycles. The lowest BCUT2D eigenvalue weighted by Crippen LogP contribution is -2.02. The molecule has 0 spiro atoms. The maximum atomic E-state index is 5.97. The van der Waals surface area contributed by atoms with Gasteiger partial charge in [0.1, 0.15) is 11.8 Å². The zero-order valence-corrected chi connectivity index (χ0v) is 11.2. The second-order valence-electron chi connectivity index (χ2n) is 3.93. The Balaban J connectivity index is 1.82. The molecule has 96 valence electrons. The number of aromatic nitrogens is 4. The molecule has 2 aromatic heterocycles. The van der Waals surface area contributed by atoms with Gasteiger partial charge < -0.3 is 10.3 Å². The van der Waals surface area contributed by atoms with E-state index < -0.39 is 0 Å². The van der Waals surface area contributed by atoms with Gasteiger partial charge in [-0.1, -0.05) is 29.3 Å². The van der Waals surface area contributed by atoms with Crippen molar-refractivity contribution in [2.45, 2.75) is 6.54 Å². The van der Waals surface area contributed by atoms with E-state index in [9.17, 15) is 0 Å². The fourth-order valence-electron chi connectivity index (χ4n) is 1.73. The fraction of sp³-hybridized carbons (Fsp3) is 0.0833. The minimum absolute atomic E-state index is 0.537. The van der Waals surface area contributed by atoms with Crippen LogP contribution in [0.3, 0.4) is 0 Å².